The summed E-state index contributed by atoms with van der Waals surface area (Å²) in [6.07, 6.45) is -0.111. The summed E-state index contributed by atoms with van der Waals surface area (Å²) in [5.41, 5.74) is 4.46. The fourth-order valence-corrected chi connectivity index (χ4v) is 4.35. The van der Waals surface area contributed by atoms with Crippen molar-refractivity contribution < 1.29 is 24.2 Å². The number of carbonyl (C=O) groups is 3. The molecular formula is C26H33N3O5. The number of carboxylic acids is 1. The van der Waals surface area contributed by atoms with Gasteiger partial charge in [0.1, 0.15) is 19.2 Å². The number of aliphatic carboxylic acids is 1. The molecule has 0 spiro atoms. The van der Waals surface area contributed by atoms with Gasteiger partial charge in [0.05, 0.1) is 0 Å². The predicted molar refractivity (Wildman–Crippen MR) is 130 cm³/mol. The Bertz CT molecular complexity index is 993. The third kappa shape index (κ3) is 5.75. The number of alkyl carbamates (subject to hydrolysis) is 1. The highest BCUT2D eigenvalue weighted by Gasteiger charge is 2.32. The number of amides is 2. The second-order valence-corrected chi connectivity index (χ2v) is 8.90. The molecule has 0 heterocycles. The minimum atomic E-state index is -1.10. The van der Waals surface area contributed by atoms with E-state index in [1.165, 1.54) is 4.90 Å². The predicted octanol–water partition coefficient (Wildman–Crippen LogP) is 3.17. The first-order valence-corrected chi connectivity index (χ1v) is 11.5. The van der Waals surface area contributed by atoms with Crippen LogP contribution in [0.15, 0.2) is 48.5 Å². The molecule has 0 bridgehead atoms. The van der Waals surface area contributed by atoms with Gasteiger partial charge in [-0.05, 0) is 49.7 Å². The second kappa shape index (κ2) is 11.2. The normalized spacial score (nSPS) is 14.1. The molecule has 0 saturated carbocycles. The van der Waals surface area contributed by atoms with E-state index in [9.17, 15) is 19.5 Å². The van der Waals surface area contributed by atoms with Crippen LogP contribution >= 0.6 is 0 Å². The fourth-order valence-electron chi connectivity index (χ4n) is 4.35. The van der Waals surface area contributed by atoms with E-state index in [1.807, 2.05) is 43.3 Å². The van der Waals surface area contributed by atoms with Gasteiger partial charge in [-0.1, -0.05) is 55.5 Å². The van der Waals surface area contributed by atoms with Crippen LogP contribution in [0.4, 0.5) is 4.79 Å². The number of likely N-dealkylation sites (N-methyl/N-ethyl adjacent to an activating group) is 1. The Morgan fingerprint density at radius 2 is 1.59 bits per heavy atom. The first-order valence-electron chi connectivity index (χ1n) is 11.5. The summed E-state index contributed by atoms with van der Waals surface area (Å²) in [5.74, 6) is -1.64. The number of nitrogens with one attached hydrogen (secondary N) is 1. The van der Waals surface area contributed by atoms with Gasteiger partial charge < -0.3 is 25.0 Å². The van der Waals surface area contributed by atoms with E-state index in [2.05, 4.69) is 17.4 Å². The van der Waals surface area contributed by atoms with Crippen LogP contribution < -0.4 is 5.32 Å². The van der Waals surface area contributed by atoms with Crippen LogP contribution in [0, 0.1) is 0 Å². The Labute approximate surface area is 200 Å². The Balaban J connectivity index is 1.72. The van der Waals surface area contributed by atoms with Gasteiger partial charge in [-0.15, -0.1) is 0 Å². The topological polar surface area (TPSA) is 99.2 Å². The van der Waals surface area contributed by atoms with Crippen LogP contribution in [0.5, 0.6) is 0 Å². The number of hydrogen-bond donors (Lipinski definition) is 2. The average molecular weight is 468 g/mol. The lowest BCUT2D eigenvalue weighted by molar-refractivity contribution is -0.147. The Hall–Kier alpha value is -3.39. The molecule has 2 atom stereocenters. The highest BCUT2D eigenvalue weighted by molar-refractivity contribution is 5.88. The van der Waals surface area contributed by atoms with E-state index in [1.54, 1.807) is 25.9 Å². The van der Waals surface area contributed by atoms with Gasteiger partial charge in [0.2, 0.25) is 5.91 Å². The van der Waals surface area contributed by atoms with Gasteiger partial charge in [0, 0.05) is 18.5 Å². The number of carbonyl (C=O) groups excluding carboxylic acids is 2. The van der Waals surface area contributed by atoms with E-state index in [-0.39, 0.29) is 25.1 Å². The standard InChI is InChI=1S/C26H33N3O5/c1-5-17(2)29(15-24(30)31)25(32)23(14-28(3)4)27-26(33)34-16-22-20-12-8-6-10-18(20)19-11-7-9-13-21(19)22/h6-13,17,22-23H,5,14-16H2,1-4H3,(H,27,33)(H,30,31). The molecular weight excluding hydrogens is 434 g/mol. The molecule has 0 saturated heterocycles. The minimum Gasteiger partial charge on any atom is -0.480 e. The Morgan fingerprint density at radius 3 is 2.09 bits per heavy atom. The molecule has 0 aromatic heterocycles. The third-order valence-electron chi connectivity index (χ3n) is 6.19. The zero-order valence-corrected chi connectivity index (χ0v) is 20.2. The van der Waals surface area contributed by atoms with Crippen LogP contribution in [0.1, 0.15) is 37.3 Å². The van der Waals surface area contributed by atoms with Crippen molar-refractivity contribution >= 4 is 18.0 Å². The van der Waals surface area contributed by atoms with Crippen molar-refractivity contribution in [3.63, 3.8) is 0 Å². The second-order valence-electron chi connectivity index (χ2n) is 8.90. The minimum absolute atomic E-state index is 0.0928. The van der Waals surface area contributed by atoms with Crippen molar-refractivity contribution in [3.05, 3.63) is 59.7 Å². The average Bonchev–Trinajstić information content (AvgIpc) is 3.13. The molecule has 1 aliphatic rings. The zero-order chi connectivity index (χ0) is 24.8. The summed E-state index contributed by atoms with van der Waals surface area (Å²) < 4.78 is 5.59. The van der Waals surface area contributed by atoms with Gasteiger partial charge in [0.15, 0.2) is 0 Å². The molecule has 8 nitrogen and oxygen atoms in total. The van der Waals surface area contributed by atoms with Gasteiger partial charge in [0.25, 0.3) is 0 Å². The summed E-state index contributed by atoms with van der Waals surface area (Å²) in [5, 5.41) is 11.9. The molecule has 2 amide bonds. The van der Waals surface area contributed by atoms with Crippen molar-refractivity contribution in [2.75, 3.05) is 33.8 Å². The Morgan fingerprint density at radius 1 is 1.03 bits per heavy atom. The van der Waals surface area contributed by atoms with E-state index in [4.69, 9.17) is 4.74 Å². The molecule has 3 rings (SSSR count). The van der Waals surface area contributed by atoms with Crippen LogP contribution in [0.25, 0.3) is 11.1 Å². The van der Waals surface area contributed by atoms with Crippen molar-refractivity contribution in [2.24, 2.45) is 0 Å². The molecule has 34 heavy (non-hydrogen) atoms. The first-order chi connectivity index (χ1) is 16.2. The molecule has 0 fully saturated rings. The molecule has 2 N–H and O–H groups in total. The monoisotopic (exact) mass is 467 g/mol. The van der Waals surface area contributed by atoms with Gasteiger partial charge in [-0.25, -0.2) is 4.79 Å². The van der Waals surface area contributed by atoms with Gasteiger partial charge >= 0.3 is 12.1 Å². The number of ether oxygens (including phenoxy) is 1. The van der Waals surface area contributed by atoms with Crippen molar-refractivity contribution in [2.45, 2.75) is 38.3 Å². The maximum atomic E-state index is 13.2. The van der Waals surface area contributed by atoms with E-state index in [0.717, 1.165) is 22.3 Å². The lowest BCUT2D eigenvalue weighted by Crippen LogP contribution is -2.56. The van der Waals surface area contributed by atoms with Gasteiger partial charge in [-0.3, -0.25) is 9.59 Å². The van der Waals surface area contributed by atoms with Crippen LogP contribution in [0.2, 0.25) is 0 Å². The number of carboxylic acid groups (broad SMARTS) is 1. The Kier molecular flexibility index (Phi) is 8.28. The quantitative estimate of drug-likeness (QED) is 0.557. The fraction of sp³-hybridized carbons (Fsp3) is 0.423. The summed E-state index contributed by atoms with van der Waals surface area (Å²) in [6, 6.07) is 14.9. The van der Waals surface area contributed by atoms with Crippen LogP contribution in [0.3, 0.4) is 0 Å². The van der Waals surface area contributed by atoms with E-state index in [0.29, 0.717) is 6.42 Å². The lowest BCUT2D eigenvalue weighted by atomic mass is 9.98. The molecule has 2 aromatic rings. The largest absolute Gasteiger partial charge is 0.480 e. The summed E-state index contributed by atoms with van der Waals surface area (Å²) in [4.78, 5) is 40.4. The smallest absolute Gasteiger partial charge is 0.407 e. The zero-order valence-electron chi connectivity index (χ0n) is 20.2. The summed E-state index contributed by atoms with van der Waals surface area (Å²) in [7, 11) is 3.56. The number of fused-ring (bicyclic) bond motifs is 3. The summed E-state index contributed by atoms with van der Waals surface area (Å²) in [6.45, 7) is 3.60. The summed E-state index contributed by atoms with van der Waals surface area (Å²) >= 11 is 0. The number of rotatable bonds is 10. The molecule has 1 aliphatic carbocycles. The highest BCUT2D eigenvalue weighted by atomic mass is 16.5. The number of benzene rings is 2. The molecule has 182 valence electrons. The number of hydrogen-bond acceptors (Lipinski definition) is 5. The number of nitrogens with zero attached hydrogens (tertiary/aromatic N) is 2. The maximum Gasteiger partial charge on any atom is 0.407 e. The SMILES string of the molecule is CCC(C)N(CC(=O)O)C(=O)C(CN(C)C)NC(=O)OCC1c2ccccc2-c2ccccc21. The van der Waals surface area contributed by atoms with E-state index >= 15 is 0 Å². The maximum absolute atomic E-state index is 13.2. The van der Waals surface area contributed by atoms with Gasteiger partial charge in [-0.2, -0.15) is 0 Å². The molecule has 2 aromatic carbocycles. The molecule has 8 heteroatoms. The third-order valence-corrected chi connectivity index (χ3v) is 6.19. The highest BCUT2D eigenvalue weighted by Crippen LogP contribution is 2.44. The van der Waals surface area contributed by atoms with Crippen molar-refractivity contribution in [1.82, 2.24) is 15.1 Å². The van der Waals surface area contributed by atoms with E-state index < -0.39 is 30.6 Å². The first kappa shape index (κ1) is 25.2. The van der Waals surface area contributed by atoms with Crippen molar-refractivity contribution in [3.8, 4) is 11.1 Å². The molecule has 0 radical (unpaired) electrons. The van der Waals surface area contributed by atoms with Crippen LogP contribution in [-0.4, -0.2) is 78.8 Å². The lowest BCUT2D eigenvalue weighted by Gasteiger charge is -2.32. The molecule has 0 aliphatic heterocycles. The van der Waals surface area contributed by atoms with Crippen molar-refractivity contribution in [1.29, 1.82) is 0 Å². The molecule has 2 unspecified atom stereocenters. The van der Waals surface area contributed by atoms with Crippen LogP contribution in [-0.2, 0) is 14.3 Å².